The molecule has 0 atom stereocenters. The number of β-amino-alcohol motifs (C(OH)–C–C–N with tert-alkyl or cyclic N) is 1. The lowest BCUT2D eigenvalue weighted by molar-refractivity contribution is 0.202. The van der Waals surface area contributed by atoms with E-state index in [0.29, 0.717) is 31.1 Å². The van der Waals surface area contributed by atoms with Crippen molar-refractivity contribution in [1.29, 1.82) is 0 Å². The van der Waals surface area contributed by atoms with E-state index in [0.717, 1.165) is 21.6 Å². The highest BCUT2D eigenvalue weighted by molar-refractivity contribution is 9.11. The molecule has 1 N–H and O–H groups in total. The minimum atomic E-state index is -3.41. The maximum Gasteiger partial charge on any atom is 0.244 e. The van der Waals surface area contributed by atoms with E-state index in [2.05, 4.69) is 20.8 Å². The summed E-state index contributed by atoms with van der Waals surface area (Å²) in [5.41, 5.74) is 0. The number of halogens is 1. The van der Waals surface area contributed by atoms with Crippen molar-refractivity contribution in [2.75, 3.05) is 39.3 Å². The van der Waals surface area contributed by atoms with Gasteiger partial charge in [-0.1, -0.05) is 0 Å². The zero-order chi connectivity index (χ0) is 14.8. The molecule has 0 aromatic carbocycles. The van der Waals surface area contributed by atoms with E-state index in [1.807, 2.05) is 6.92 Å². The van der Waals surface area contributed by atoms with Crippen molar-refractivity contribution < 1.29 is 13.5 Å². The molecule has 1 aliphatic heterocycles. The Kier molecular flexibility index (Phi) is 5.61. The van der Waals surface area contributed by atoms with Gasteiger partial charge in [0.2, 0.25) is 10.0 Å². The lowest BCUT2D eigenvalue weighted by Gasteiger charge is -2.21. The van der Waals surface area contributed by atoms with Gasteiger partial charge in [-0.15, -0.1) is 11.3 Å². The minimum absolute atomic E-state index is 0.114. The van der Waals surface area contributed by atoms with E-state index in [-0.39, 0.29) is 6.61 Å². The van der Waals surface area contributed by atoms with Crippen LogP contribution in [0.1, 0.15) is 11.3 Å². The first-order valence-corrected chi connectivity index (χ1v) is 9.59. The van der Waals surface area contributed by atoms with Crippen LogP contribution in [0.5, 0.6) is 0 Å². The SMILES string of the molecule is Cc1sc(Br)cc1S(=O)(=O)N1CCCN(CCO)CC1. The largest absolute Gasteiger partial charge is 0.395 e. The Balaban J connectivity index is 2.16. The van der Waals surface area contributed by atoms with Crippen molar-refractivity contribution >= 4 is 37.3 Å². The van der Waals surface area contributed by atoms with Crippen molar-refractivity contribution in [2.24, 2.45) is 0 Å². The number of hydrogen-bond acceptors (Lipinski definition) is 5. The van der Waals surface area contributed by atoms with Crippen molar-refractivity contribution in [2.45, 2.75) is 18.2 Å². The van der Waals surface area contributed by atoms with Crippen LogP contribution in [0.2, 0.25) is 0 Å². The third kappa shape index (κ3) is 3.61. The fraction of sp³-hybridized carbons (Fsp3) is 0.667. The van der Waals surface area contributed by atoms with Gasteiger partial charge < -0.3 is 5.11 Å². The van der Waals surface area contributed by atoms with Crippen molar-refractivity contribution in [3.63, 3.8) is 0 Å². The average molecular weight is 383 g/mol. The van der Waals surface area contributed by atoms with Crippen molar-refractivity contribution in [3.05, 3.63) is 14.7 Å². The summed E-state index contributed by atoms with van der Waals surface area (Å²) in [6, 6.07) is 1.69. The molecule has 0 spiro atoms. The second kappa shape index (κ2) is 6.85. The highest BCUT2D eigenvalue weighted by Crippen LogP contribution is 2.31. The average Bonchev–Trinajstić information content (AvgIpc) is 2.61. The molecule has 0 amide bonds. The molecule has 1 aromatic heterocycles. The van der Waals surface area contributed by atoms with Gasteiger partial charge in [0.15, 0.2) is 0 Å². The number of thiophene rings is 1. The molecule has 0 bridgehead atoms. The first-order chi connectivity index (χ1) is 9.45. The fourth-order valence-electron chi connectivity index (χ4n) is 2.38. The second-order valence-corrected chi connectivity index (χ2v) is 9.34. The van der Waals surface area contributed by atoms with Crippen LogP contribution in [0, 0.1) is 6.92 Å². The normalized spacial score (nSPS) is 19.1. The van der Waals surface area contributed by atoms with E-state index in [9.17, 15) is 8.42 Å². The topological polar surface area (TPSA) is 60.9 Å². The molecule has 5 nitrogen and oxygen atoms in total. The summed E-state index contributed by atoms with van der Waals surface area (Å²) in [6.07, 6.45) is 0.795. The third-order valence-electron chi connectivity index (χ3n) is 3.42. The Morgan fingerprint density at radius 3 is 2.70 bits per heavy atom. The Morgan fingerprint density at radius 1 is 1.35 bits per heavy atom. The molecule has 1 aromatic rings. The predicted octanol–water partition coefficient (Wildman–Crippen LogP) is 1.51. The van der Waals surface area contributed by atoms with Crippen molar-refractivity contribution in [3.8, 4) is 0 Å². The molecule has 114 valence electrons. The summed E-state index contributed by atoms with van der Waals surface area (Å²) >= 11 is 4.79. The van der Waals surface area contributed by atoms with E-state index in [1.165, 1.54) is 11.3 Å². The molecule has 1 aliphatic rings. The molecular formula is C12H19BrN2O3S2. The molecular weight excluding hydrogens is 364 g/mol. The highest BCUT2D eigenvalue weighted by Gasteiger charge is 2.29. The Hall–Kier alpha value is 0.01000. The van der Waals surface area contributed by atoms with Gasteiger partial charge in [0.25, 0.3) is 0 Å². The van der Waals surface area contributed by atoms with Gasteiger partial charge in [0, 0.05) is 31.1 Å². The summed E-state index contributed by atoms with van der Waals surface area (Å²) < 4.78 is 27.8. The molecule has 20 heavy (non-hydrogen) atoms. The van der Waals surface area contributed by atoms with Gasteiger partial charge in [-0.25, -0.2) is 8.42 Å². The second-order valence-electron chi connectivity index (χ2n) is 4.79. The van der Waals surface area contributed by atoms with Gasteiger partial charge >= 0.3 is 0 Å². The number of rotatable bonds is 4. The van der Waals surface area contributed by atoms with E-state index in [1.54, 1.807) is 10.4 Å². The molecule has 0 saturated carbocycles. The Bertz CT molecular complexity index is 559. The van der Waals surface area contributed by atoms with Gasteiger partial charge in [-0.05, 0) is 41.9 Å². The minimum Gasteiger partial charge on any atom is -0.395 e. The molecule has 0 radical (unpaired) electrons. The number of sulfonamides is 1. The van der Waals surface area contributed by atoms with Gasteiger partial charge in [0.1, 0.15) is 0 Å². The summed E-state index contributed by atoms with van der Waals surface area (Å²) in [4.78, 5) is 3.32. The molecule has 2 rings (SSSR count). The summed E-state index contributed by atoms with van der Waals surface area (Å²) in [7, 11) is -3.41. The zero-order valence-corrected chi connectivity index (χ0v) is 14.6. The summed E-state index contributed by atoms with van der Waals surface area (Å²) in [5.74, 6) is 0. The molecule has 8 heteroatoms. The number of aliphatic hydroxyl groups is 1. The number of aryl methyl sites for hydroxylation is 1. The van der Waals surface area contributed by atoms with Gasteiger partial charge in [-0.3, -0.25) is 4.90 Å². The number of aliphatic hydroxyl groups excluding tert-OH is 1. The van der Waals surface area contributed by atoms with Gasteiger partial charge in [-0.2, -0.15) is 4.31 Å². The van der Waals surface area contributed by atoms with Crippen LogP contribution in [0.15, 0.2) is 14.7 Å². The quantitative estimate of drug-likeness (QED) is 0.856. The standard InChI is InChI=1S/C12H19BrN2O3S2/c1-10-11(9-12(13)19-10)20(17,18)15-4-2-3-14(5-6-15)7-8-16/h9,16H,2-8H2,1H3. The molecule has 0 aliphatic carbocycles. The van der Waals surface area contributed by atoms with Crippen LogP contribution in [-0.4, -0.2) is 62.1 Å². The fourth-order valence-corrected chi connectivity index (χ4v) is 6.23. The van der Waals surface area contributed by atoms with Crippen molar-refractivity contribution in [1.82, 2.24) is 9.21 Å². The molecule has 0 unspecified atom stereocenters. The first kappa shape index (κ1) is 16.4. The first-order valence-electron chi connectivity index (χ1n) is 6.54. The molecule has 1 fully saturated rings. The van der Waals surface area contributed by atoms with E-state index in [4.69, 9.17) is 5.11 Å². The van der Waals surface area contributed by atoms with Crippen LogP contribution in [-0.2, 0) is 10.0 Å². The predicted molar refractivity (Wildman–Crippen MR) is 83.7 cm³/mol. The number of nitrogens with zero attached hydrogens (tertiary/aromatic N) is 2. The van der Waals surface area contributed by atoms with Crippen LogP contribution in [0.25, 0.3) is 0 Å². The summed E-state index contributed by atoms with van der Waals surface area (Å²) in [6.45, 7) is 5.08. The molecule has 1 saturated heterocycles. The Labute approximate surface area is 132 Å². The monoisotopic (exact) mass is 382 g/mol. The van der Waals surface area contributed by atoms with Crippen LogP contribution < -0.4 is 0 Å². The summed E-state index contributed by atoms with van der Waals surface area (Å²) in [5, 5.41) is 8.98. The Morgan fingerprint density at radius 2 is 2.10 bits per heavy atom. The van der Waals surface area contributed by atoms with Crippen LogP contribution in [0.4, 0.5) is 0 Å². The lowest BCUT2D eigenvalue weighted by Crippen LogP contribution is -2.36. The van der Waals surface area contributed by atoms with Crippen LogP contribution >= 0.6 is 27.3 Å². The smallest absolute Gasteiger partial charge is 0.244 e. The lowest BCUT2D eigenvalue weighted by atomic mass is 10.4. The maximum absolute atomic E-state index is 12.7. The van der Waals surface area contributed by atoms with E-state index >= 15 is 0 Å². The zero-order valence-electron chi connectivity index (χ0n) is 11.4. The molecule has 2 heterocycles. The third-order valence-corrected chi connectivity index (χ3v) is 7.13. The highest BCUT2D eigenvalue weighted by atomic mass is 79.9. The number of hydrogen-bond donors (Lipinski definition) is 1. The van der Waals surface area contributed by atoms with Crippen LogP contribution in [0.3, 0.4) is 0 Å². The van der Waals surface area contributed by atoms with E-state index < -0.39 is 10.0 Å². The van der Waals surface area contributed by atoms with Gasteiger partial charge in [0.05, 0.1) is 15.3 Å². The maximum atomic E-state index is 12.7.